The molecule has 1 aliphatic heterocycles. The van der Waals surface area contributed by atoms with Gasteiger partial charge in [0.25, 0.3) is 11.7 Å². The van der Waals surface area contributed by atoms with E-state index < -0.39 is 23.7 Å². The number of para-hydroxylation sites is 1. The summed E-state index contributed by atoms with van der Waals surface area (Å²) in [6, 6.07) is 20.4. The van der Waals surface area contributed by atoms with Gasteiger partial charge in [-0.1, -0.05) is 55.0 Å². The van der Waals surface area contributed by atoms with Gasteiger partial charge in [0.2, 0.25) is 0 Å². The molecule has 37 heavy (non-hydrogen) atoms. The number of nitrogens with one attached hydrogen (secondary N) is 1. The number of hydrogen-bond donors (Lipinski definition) is 2. The fourth-order valence-corrected chi connectivity index (χ4v) is 4.70. The van der Waals surface area contributed by atoms with Crippen LogP contribution in [0.25, 0.3) is 16.7 Å². The van der Waals surface area contributed by atoms with E-state index in [0.29, 0.717) is 35.4 Å². The summed E-state index contributed by atoms with van der Waals surface area (Å²) in [7, 11) is 0. The van der Waals surface area contributed by atoms with Gasteiger partial charge in [0.05, 0.1) is 23.8 Å². The lowest BCUT2D eigenvalue weighted by Gasteiger charge is -2.25. The number of fused-ring (bicyclic) bond motifs is 1. The first-order chi connectivity index (χ1) is 17.9. The van der Waals surface area contributed by atoms with Gasteiger partial charge >= 0.3 is 5.97 Å². The summed E-state index contributed by atoms with van der Waals surface area (Å²) >= 11 is 0. The summed E-state index contributed by atoms with van der Waals surface area (Å²) in [5.41, 5.74) is 3.66. The Morgan fingerprint density at radius 3 is 2.51 bits per heavy atom. The number of anilines is 1. The molecule has 1 aliphatic rings. The van der Waals surface area contributed by atoms with Gasteiger partial charge in [-0.05, 0) is 49.2 Å². The highest BCUT2D eigenvalue weighted by Gasteiger charge is 2.47. The molecule has 1 aromatic heterocycles. The SMILES string of the molecule is CCCOC(=O)c1ccc(N2C(=O)C(=O)/C(=C(\O)c3c[nH]c4ccccc34)C2c2cccc(C)c2)cc1. The van der Waals surface area contributed by atoms with Crippen molar-refractivity contribution in [3.8, 4) is 0 Å². The minimum Gasteiger partial charge on any atom is -0.507 e. The highest BCUT2D eigenvalue weighted by atomic mass is 16.5. The van der Waals surface area contributed by atoms with Crippen LogP contribution in [0.5, 0.6) is 0 Å². The maximum absolute atomic E-state index is 13.4. The first-order valence-corrected chi connectivity index (χ1v) is 12.1. The predicted molar refractivity (Wildman–Crippen MR) is 141 cm³/mol. The molecule has 3 aromatic carbocycles. The average molecular weight is 495 g/mol. The van der Waals surface area contributed by atoms with Crippen LogP contribution in [0.15, 0.2) is 84.6 Å². The number of carbonyl (C=O) groups is 3. The molecule has 0 spiro atoms. The van der Waals surface area contributed by atoms with E-state index in [4.69, 9.17) is 4.74 Å². The lowest BCUT2D eigenvalue weighted by atomic mass is 9.94. The summed E-state index contributed by atoms with van der Waals surface area (Å²) in [6.45, 7) is 4.15. The second kappa shape index (κ2) is 9.78. The number of carbonyl (C=O) groups excluding carboxylic acids is 3. The number of nitrogens with zero attached hydrogens (tertiary/aromatic N) is 1. The first kappa shape index (κ1) is 24.1. The zero-order valence-corrected chi connectivity index (χ0v) is 20.5. The van der Waals surface area contributed by atoms with Crippen LogP contribution in [0.4, 0.5) is 5.69 Å². The largest absolute Gasteiger partial charge is 0.507 e. The molecule has 0 bridgehead atoms. The van der Waals surface area contributed by atoms with Gasteiger partial charge in [0.1, 0.15) is 5.76 Å². The Hall–Kier alpha value is -4.65. The normalized spacial score (nSPS) is 16.9. The molecular formula is C30H26N2O5. The summed E-state index contributed by atoms with van der Waals surface area (Å²) in [5.74, 6) is -2.23. The van der Waals surface area contributed by atoms with Crippen LogP contribution < -0.4 is 4.90 Å². The number of benzene rings is 3. The fraction of sp³-hybridized carbons (Fsp3) is 0.167. The number of hydrogen-bond acceptors (Lipinski definition) is 5. The standard InChI is InChI=1S/C30H26N2O5/c1-3-15-37-30(36)19-11-13-21(14-12-19)32-26(20-8-6-7-18(2)16-20)25(28(34)29(32)35)27(33)23-17-31-24-10-5-4-9-22(23)24/h4-14,16-17,26,31,33H,3,15H2,1-2H3/b27-25-. The number of aryl methyl sites for hydroxylation is 1. The number of amides is 1. The number of ketones is 1. The van der Waals surface area contributed by atoms with Crippen LogP contribution in [0.2, 0.25) is 0 Å². The zero-order chi connectivity index (χ0) is 26.1. The van der Waals surface area contributed by atoms with Crippen LogP contribution in [0.3, 0.4) is 0 Å². The molecule has 0 radical (unpaired) electrons. The third-order valence-corrected chi connectivity index (χ3v) is 6.47. The molecule has 2 N–H and O–H groups in total. The van der Waals surface area contributed by atoms with Crippen molar-refractivity contribution < 1.29 is 24.2 Å². The van der Waals surface area contributed by atoms with E-state index in [1.807, 2.05) is 62.4 Å². The van der Waals surface area contributed by atoms with Gasteiger partial charge in [-0.2, -0.15) is 0 Å². The van der Waals surface area contributed by atoms with E-state index in [9.17, 15) is 19.5 Å². The number of Topliss-reactive ketones (excluding diaryl/α,β-unsaturated/α-hetero) is 1. The Morgan fingerprint density at radius 2 is 1.78 bits per heavy atom. The molecule has 1 saturated heterocycles. The van der Waals surface area contributed by atoms with Crippen molar-refractivity contribution in [3.63, 3.8) is 0 Å². The van der Waals surface area contributed by atoms with E-state index in [1.165, 1.54) is 4.90 Å². The number of aliphatic hydroxyl groups is 1. The molecule has 4 aromatic rings. The molecule has 1 unspecified atom stereocenters. The van der Waals surface area contributed by atoms with Crippen molar-refractivity contribution in [2.75, 3.05) is 11.5 Å². The zero-order valence-electron chi connectivity index (χ0n) is 20.5. The predicted octanol–water partition coefficient (Wildman–Crippen LogP) is 5.67. The topological polar surface area (TPSA) is 99.7 Å². The number of aliphatic hydroxyl groups excluding tert-OH is 1. The van der Waals surface area contributed by atoms with Crippen LogP contribution in [0, 0.1) is 6.92 Å². The lowest BCUT2D eigenvalue weighted by molar-refractivity contribution is -0.132. The molecule has 0 aliphatic carbocycles. The maximum Gasteiger partial charge on any atom is 0.338 e. The Bertz CT molecular complexity index is 1550. The minimum atomic E-state index is -0.855. The molecule has 1 atom stereocenters. The lowest BCUT2D eigenvalue weighted by Crippen LogP contribution is -2.29. The van der Waals surface area contributed by atoms with Crippen molar-refractivity contribution in [1.29, 1.82) is 0 Å². The van der Waals surface area contributed by atoms with Gasteiger partial charge in [0.15, 0.2) is 0 Å². The molecule has 1 fully saturated rings. The summed E-state index contributed by atoms with van der Waals surface area (Å²) < 4.78 is 5.19. The number of rotatable bonds is 6. The summed E-state index contributed by atoms with van der Waals surface area (Å²) in [4.78, 5) is 43.6. The molecule has 2 heterocycles. The van der Waals surface area contributed by atoms with Crippen molar-refractivity contribution in [1.82, 2.24) is 4.98 Å². The summed E-state index contributed by atoms with van der Waals surface area (Å²) in [6.07, 6.45) is 2.35. The molecule has 5 rings (SSSR count). The van der Waals surface area contributed by atoms with E-state index in [1.54, 1.807) is 30.5 Å². The molecular weight excluding hydrogens is 468 g/mol. The van der Waals surface area contributed by atoms with Gasteiger partial charge in [0, 0.05) is 28.4 Å². The van der Waals surface area contributed by atoms with Gasteiger partial charge in [-0.25, -0.2) is 4.79 Å². The smallest absolute Gasteiger partial charge is 0.338 e. The van der Waals surface area contributed by atoms with Crippen LogP contribution in [0.1, 0.15) is 46.4 Å². The van der Waals surface area contributed by atoms with E-state index in [-0.39, 0.29) is 11.3 Å². The minimum absolute atomic E-state index is 0.00628. The van der Waals surface area contributed by atoms with Crippen molar-refractivity contribution >= 4 is 40.0 Å². The third-order valence-electron chi connectivity index (χ3n) is 6.47. The number of H-pyrrole nitrogens is 1. The van der Waals surface area contributed by atoms with Gasteiger partial charge in [-0.3, -0.25) is 14.5 Å². The Balaban J connectivity index is 1.64. The molecule has 1 amide bonds. The Kier molecular flexibility index (Phi) is 6.36. The molecule has 0 saturated carbocycles. The molecule has 7 nitrogen and oxygen atoms in total. The van der Waals surface area contributed by atoms with E-state index in [0.717, 1.165) is 16.5 Å². The first-order valence-electron chi connectivity index (χ1n) is 12.1. The molecule has 186 valence electrons. The summed E-state index contributed by atoms with van der Waals surface area (Å²) in [5, 5.41) is 12.2. The van der Waals surface area contributed by atoms with E-state index >= 15 is 0 Å². The third kappa shape index (κ3) is 4.29. The van der Waals surface area contributed by atoms with Crippen LogP contribution >= 0.6 is 0 Å². The fourth-order valence-electron chi connectivity index (χ4n) is 4.70. The van der Waals surface area contributed by atoms with E-state index in [2.05, 4.69) is 4.98 Å². The number of aromatic nitrogens is 1. The second-order valence-electron chi connectivity index (χ2n) is 9.01. The number of ether oxygens (including phenoxy) is 1. The maximum atomic E-state index is 13.4. The van der Waals surface area contributed by atoms with Gasteiger partial charge < -0.3 is 14.8 Å². The number of aromatic amines is 1. The van der Waals surface area contributed by atoms with Crippen LogP contribution in [-0.4, -0.2) is 34.4 Å². The van der Waals surface area contributed by atoms with Gasteiger partial charge in [-0.15, -0.1) is 0 Å². The molecule has 7 heteroatoms. The Labute approximate surface area is 214 Å². The monoisotopic (exact) mass is 494 g/mol. The van der Waals surface area contributed by atoms with Crippen LogP contribution in [-0.2, 0) is 14.3 Å². The quantitative estimate of drug-likeness (QED) is 0.156. The number of esters is 1. The van der Waals surface area contributed by atoms with Crippen molar-refractivity contribution in [3.05, 3.63) is 107 Å². The highest BCUT2D eigenvalue weighted by Crippen LogP contribution is 2.43. The van der Waals surface area contributed by atoms with Crippen molar-refractivity contribution in [2.24, 2.45) is 0 Å². The Morgan fingerprint density at radius 1 is 1.03 bits per heavy atom. The average Bonchev–Trinajstić information content (AvgIpc) is 3.46. The second-order valence-corrected chi connectivity index (χ2v) is 9.01. The van der Waals surface area contributed by atoms with Crippen molar-refractivity contribution in [2.45, 2.75) is 26.3 Å². The highest BCUT2D eigenvalue weighted by molar-refractivity contribution is 6.51.